The van der Waals surface area contributed by atoms with Gasteiger partial charge >= 0.3 is 5.97 Å². The number of hydrogen-bond acceptors (Lipinski definition) is 5. The van der Waals surface area contributed by atoms with Crippen LogP contribution in [0, 0.1) is 5.92 Å². The van der Waals surface area contributed by atoms with E-state index < -0.39 is 17.9 Å². The van der Waals surface area contributed by atoms with Gasteiger partial charge in [-0.25, -0.2) is 4.79 Å². The third-order valence-corrected chi connectivity index (χ3v) is 6.04. The molecule has 2 rings (SSSR count). The number of rotatable bonds is 10. The van der Waals surface area contributed by atoms with Gasteiger partial charge in [-0.3, -0.25) is 4.79 Å². The molecule has 0 fully saturated rings. The molecule has 0 aliphatic heterocycles. The topological polar surface area (TPSA) is 69.6 Å². The fourth-order valence-corrected chi connectivity index (χ4v) is 3.88. The molecule has 1 unspecified atom stereocenters. The van der Waals surface area contributed by atoms with Gasteiger partial charge in [-0.2, -0.15) is 11.8 Å². The van der Waals surface area contributed by atoms with Crippen molar-refractivity contribution < 1.29 is 14.7 Å². The first-order valence-corrected chi connectivity index (χ1v) is 10.8. The van der Waals surface area contributed by atoms with Crippen LogP contribution in [0.5, 0.6) is 0 Å². The Morgan fingerprint density at radius 3 is 2.28 bits per heavy atom. The Morgan fingerprint density at radius 1 is 1.10 bits per heavy atom. The number of thiocarbonyl (C=S) groups is 1. The van der Waals surface area contributed by atoms with Gasteiger partial charge in [0.1, 0.15) is 6.04 Å². The second kappa shape index (κ2) is 11.0. The maximum atomic E-state index is 12.5. The molecule has 5 nitrogen and oxygen atoms in total. The van der Waals surface area contributed by atoms with E-state index in [0.717, 1.165) is 11.3 Å². The van der Waals surface area contributed by atoms with E-state index in [4.69, 9.17) is 12.2 Å². The summed E-state index contributed by atoms with van der Waals surface area (Å²) in [4.78, 5) is 26.4. The first kappa shape index (κ1) is 22.9. The Morgan fingerprint density at radius 2 is 1.72 bits per heavy atom. The van der Waals surface area contributed by atoms with Crippen LogP contribution in [0.15, 0.2) is 54.6 Å². The Hall–Kier alpha value is -2.38. The average Bonchev–Trinajstić information content (AvgIpc) is 2.72. The van der Waals surface area contributed by atoms with Gasteiger partial charge in [-0.15, -0.1) is 0 Å². The van der Waals surface area contributed by atoms with Gasteiger partial charge < -0.3 is 15.3 Å². The summed E-state index contributed by atoms with van der Waals surface area (Å²) in [6.07, 6.45) is 0. The van der Waals surface area contributed by atoms with E-state index in [1.165, 1.54) is 11.8 Å². The summed E-state index contributed by atoms with van der Waals surface area (Å²) in [5, 5.41) is 12.4. The standard InChI is InChI=1S/C22H26N2O3S2/c1-15(20(25)17-7-5-4-6-8-17)21(28)23-19(22(26)27)14-29-13-16-9-11-18(12-10-16)24(2)3/h4-12,15,19H,13-14H2,1-3H3,(H,23,28)(H,26,27)/t15?,19-/m1/s1. The Kier molecular flexibility index (Phi) is 8.67. The highest BCUT2D eigenvalue weighted by Gasteiger charge is 2.24. The normalized spacial score (nSPS) is 12.7. The van der Waals surface area contributed by atoms with Crippen LogP contribution in [-0.2, 0) is 10.5 Å². The molecular formula is C22H26N2O3S2. The van der Waals surface area contributed by atoms with Crippen LogP contribution in [0.3, 0.4) is 0 Å². The maximum absolute atomic E-state index is 12.5. The van der Waals surface area contributed by atoms with Gasteiger partial charge in [0.15, 0.2) is 5.78 Å². The highest BCUT2D eigenvalue weighted by Crippen LogP contribution is 2.18. The molecule has 154 valence electrons. The minimum absolute atomic E-state index is 0.124. The largest absolute Gasteiger partial charge is 0.480 e. The van der Waals surface area contributed by atoms with Crippen molar-refractivity contribution in [1.29, 1.82) is 0 Å². The molecule has 2 aromatic carbocycles. The minimum atomic E-state index is -0.984. The molecule has 2 aromatic rings. The molecule has 0 aromatic heterocycles. The van der Waals surface area contributed by atoms with E-state index in [-0.39, 0.29) is 10.8 Å². The molecule has 2 atom stereocenters. The maximum Gasteiger partial charge on any atom is 0.326 e. The summed E-state index contributed by atoms with van der Waals surface area (Å²) in [6.45, 7) is 1.70. The molecule has 7 heteroatoms. The van der Waals surface area contributed by atoms with Crippen molar-refractivity contribution in [1.82, 2.24) is 5.32 Å². The van der Waals surface area contributed by atoms with Crippen LogP contribution in [0.2, 0.25) is 0 Å². The highest BCUT2D eigenvalue weighted by atomic mass is 32.2. The van der Waals surface area contributed by atoms with Crippen LogP contribution in [-0.4, -0.2) is 47.7 Å². The number of anilines is 1. The fourth-order valence-electron chi connectivity index (χ4n) is 2.63. The summed E-state index contributed by atoms with van der Waals surface area (Å²) in [6, 6.07) is 16.2. The number of nitrogens with zero attached hydrogens (tertiary/aromatic N) is 1. The van der Waals surface area contributed by atoms with Crippen molar-refractivity contribution in [2.45, 2.75) is 18.7 Å². The van der Waals surface area contributed by atoms with E-state index in [9.17, 15) is 14.7 Å². The molecule has 0 aliphatic rings. The van der Waals surface area contributed by atoms with Crippen LogP contribution in [0.4, 0.5) is 5.69 Å². The minimum Gasteiger partial charge on any atom is -0.480 e. The van der Waals surface area contributed by atoms with E-state index in [1.54, 1.807) is 31.2 Å². The number of benzene rings is 2. The summed E-state index contributed by atoms with van der Waals surface area (Å²) in [5.41, 5.74) is 2.80. The van der Waals surface area contributed by atoms with E-state index in [2.05, 4.69) is 5.32 Å². The fraction of sp³-hybridized carbons (Fsp3) is 0.318. The lowest BCUT2D eigenvalue weighted by Crippen LogP contribution is -2.45. The van der Waals surface area contributed by atoms with Crippen molar-refractivity contribution >= 4 is 46.4 Å². The van der Waals surface area contributed by atoms with Crippen molar-refractivity contribution in [3.05, 3.63) is 65.7 Å². The molecule has 2 N–H and O–H groups in total. The van der Waals surface area contributed by atoms with Gasteiger partial charge in [0.25, 0.3) is 0 Å². The van der Waals surface area contributed by atoms with Gasteiger partial charge in [-0.05, 0) is 24.6 Å². The number of nitrogens with one attached hydrogen (secondary N) is 1. The van der Waals surface area contributed by atoms with E-state index in [1.807, 2.05) is 49.3 Å². The number of carboxylic acids is 1. The third-order valence-electron chi connectivity index (χ3n) is 4.47. The predicted molar refractivity (Wildman–Crippen MR) is 124 cm³/mol. The molecular weight excluding hydrogens is 404 g/mol. The number of carboxylic acid groups (broad SMARTS) is 1. The Labute approximate surface area is 181 Å². The summed E-state index contributed by atoms with van der Waals surface area (Å²) >= 11 is 6.84. The van der Waals surface area contributed by atoms with Gasteiger partial charge in [0, 0.05) is 36.9 Å². The first-order valence-electron chi connectivity index (χ1n) is 9.26. The average molecular weight is 431 g/mol. The SMILES string of the molecule is CC(C(=O)c1ccccc1)C(=S)N[C@H](CSCc1ccc(N(C)C)cc1)C(=O)O. The zero-order chi connectivity index (χ0) is 21.4. The number of thioether (sulfide) groups is 1. The van der Waals surface area contributed by atoms with Crippen molar-refractivity contribution in [3.8, 4) is 0 Å². The number of ketones is 1. The molecule has 0 spiro atoms. The monoisotopic (exact) mass is 430 g/mol. The number of aliphatic carboxylic acids is 1. The molecule has 29 heavy (non-hydrogen) atoms. The second-order valence-electron chi connectivity index (χ2n) is 6.93. The number of Topliss-reactive ketones (excluding diaryl/α,β-unsaturated/α-hetero) is 1. The van der Waals surface area contributed by atoms with Gasteiger partial charge in [-0.1, -0.05) is 54.7 Å². The number of carbonyl (C=O) groups excluding carboxylic acids is 1. The van der Waals surface area contributed by atoms with Crippen molar-refractivity contribution in [2.75, 3.05) is 24.7 Å². The lowest BCUT2D eigenvalue weighted by atomic mass is 9.99. The van der Waals surface area contributed by atoms with Crippen molar-refractivity contribution in [2.24, 2.45) is 5.92 Å². The zero-order valence-electron chi connectivity index (χ0n) is 16.8. The second-order valence-corrected chi connectivity index (χ2v) is 8.40. The van der Waals surface area contributed by atoms with Gasteiger partial charge in [0.2, 0.25) is 0 Å². The van der Waals surface area contributed by atoms with Crippen LogP contribution in [0.1, 0.15) is 22.8 Å². The Bertz CT molecular complexity index is 839. The third kappa shape index (κ3) is 6.87. The smallest absolute Gasteiger partial charge is 0.326 e. The lowest BCUT2D eigenvalue weighted by molar-refractivity contribution is -0.138. The van der Waals surface area contributed by atoms with Crippen LogP contribution in [0.25, 0.3) is 0 Å². The molecule has 0 bridgehead atoms. The molecule has 0 radical (unpaired) electrons. The van der Waals surface area contributed by atoms with E-state index >= 15 is 0 Å². The molecule has 0 heterocycles. The molecule has 0 saturated carbocycles. The van der Waals surface area contributed by atoms with Gasteiger partial charge in [0.05, 0.1) is 10.9 Å². The summed E-state index contributed by atoms with van der Waals surface area (Å²) in [7, 11) is 3.97. The van der Waals surface area contributed by atoms with E-state index in [0.29, 0.717) is 17.1 Å². The quantitative estimate of drug-likeness (QED) is 0.438. The lowest BCUT2D eigenvalue weighted by Gasteiger charge is -2.20. The van der Waals surface area contributed by atoms with Crippen molar-refractivity contribution in [3.63, 3.8) is 0 Å². The van der Waals surface area contributed by atoms with Crippen LogP contribution < -0.4 is 10.2 Å². The molecule has 0 saturated heterocycles. The highest BCUT2D eigenvalue weighted by molar-refractivity contribution is 7.98. The molecule has 0 amide bonds. The summed E-state index contributed by atoms with van der Waals surface area (Å²) in [5.74, 6) is -0.650. The first-order chi connectivity index (χ1) is 13.8. The summed E-state index contributed by atoms with van der Waals surface area (Å²) < 4.78 is 0. The Balaban J connectivity index is 1.89. The predicted octanol–water partition coefficient (Wildman–Crippen LogP) is 3.88. The molecule has 0 aliphatic carbocycles. The zero-order valence-corrected chi connectivity index (χ0v) is 18.4. The van der Waals surface area contributed by atoms with Crippen LogP contribution >= 0.6 is 24.0 Å². The number of hydrogen-bond donors (Lipinski definition) is 2. The number of carbonyl (C=O) groups is 2.